The molecule has 0 aliphatic heterocycles. The van der Waals surface area contributed by atoms with Gasteiger partial charge in [0.15, 0.2) is 11.5 Å². The van der Waals surface area contributed by atoms with Crippen LogP contribution in [0.2, 0.25) is 10.0 Å². The number of benzene rings is 2. The predicted octanol–water partition coefficient (Wildman–Crippen LogP) is 4.06. The van der Waals surface area contributed by atoms with Crippen molar-refractivity contribution in [2.24, 2.45) is 0 Å². The molecule has 0 spiro atoms. The molecule has 136 valence electrons. The molecule has 2 aromatic carbocycles. The highest BCUT2D eigenvalue weighted by molar-refractivity contribution is 6.31. The van der Waals surface area contributed by atoms with E-state index < -0.39 is 5.82 Å². The third-order valence-electron chi connectivity index (χ3n) is 3.60. The van der Waals surface area contributed by atoms with Crippen LogP contribution in [0.3, 0.4) is 0 Å². The molecule has 6 nitrogen and oxygen atoms in total. The van der Waals surface area contributed by atoms with Crippen molar-refractivity contribution in [3.8, 4) is 11.5 Å². The second-order valence-electron chi connectivity index (χ2n) is 5.32. The summed E-state index contributed by atoms with van der Waals surface area (Å²) in [7, 11) is 1.54. The lowest BCUT2D eigenvalue weighted by molar-refractivity contribution is 0.284. The zero-order valence-electron chi connectivity index (χ0n) is 13.7. The second kappa shape index (κ2) is 8.25. The number of aromatic nitrogens is 3. The summed E-state index contributed by atoms with van der Waals surface area (Å²) in [5.41, 5.74) is 4.55. The van der Waals surface area contributed by atoms with Gasteiger partial charge in [0.25, 0.3) is 0 Å². The summed E-state index contributed by atoms with van der Waals surface area (Å²) in [5.74, 6) is 0.587. The SMILES string of the molecule is COc1cc(CNn2cnnc2)c(Cl)cc1OCc1ccc(F)cc1Cl. The van der Waals surface area contributed by atoms with Gasteiger partial charge in [-0.15, -0.1) is 10.2 Å². The summed E-state index contributed by atoms with van der Waals surface area (Å²) in [6, 6.07) is 7.59. The van der Waals surface area contributed by atoms with E-state index >= 15 is 0 Å². The number of hydrogen-bond acceptors (Lipinski definition) is 5. The second-order valence-corrected chi connectivity index (χ2v) is 6.14. The standard InChI is InChI=1S/C17H15Cl2FN4O2/c1-25-16-4-12(7-23-24-9-21-22-10-24)15(19)6-17(16)26-8-11-2-3-13(20)5-14(11)18/h2-6,9-10,23H,7-8H2,1H3. The fourth-order valence-corrected chi connectivity index (χ4v) is 2.68. The van der Waals surface area contributed by atoms with Gasteiger partial charge in [0.05, 0.1) is 18.7 Å². The van der Waals surface area contributed by atoms with Crippen LogP contribution in [0, 0.1) is 5.82 Å². The van der Waals surface area contributed by atoms with Crippen LogP contribution >= 0.6 is 23.2 Å². The van der Waals surface area contributed by atoms with E-state index in [9.17, 15) is 4.39 Å². The molecule has 0 saturated carbocycles. The van der Waals surface area contributed by atoms with E-state index in [1.54, 1.807) is 22.9 Å². The van der Waals surface area contributed by atoms with Crippen LogP contribution in [-0.2, 0) is 13.2 Å². The number of nitrogens with one attached hydrogen (secondary N) is 1. The van der Waals surface area contributed by atoms with E-state index in [2.05, 4.69) is 15.6 Å². The van der Waals surface area contributed by atoms with Crippen LogP contribution in [0.5, 0.6) is 11.5 Å². The number of methoxy groups -OCH3 is 1. The van der Waals surface area contributed by atoms with Gasteiger partial charge in [-0.05, 0) is 23.8 Å². The van der Waals surface area contributed by atoms with Crippen LogP contribution in [0.25, 0.3) is 0 Å². The lowest BCUT2D eigenvalue weighted by Gasteiger charge is -2.15. The van der Waals surface area contributed by atoms with Crippen molar-refractivity contribution in [2.45, 2.75) is 13.2 Å². The Morgan fingerprint density at radius 1 is 1.04 bits per heavy atom. The van der Waals surface area contributed by atoms with Crippen molar-refractivity contribution in [3.05, 3.63) is 70.0 Å². The highest BCUT2D eigenvalue weighted by atomic mass is 35.5. The largest absolute Gasteiger partial charge is 0.493 e. The van der Waals surface area contributed by atoms with E-state index in [1.165, 1.54) is 31.9 Å². The Labute approximate surface area is 159 Å². The first-order chi connectivity index (χ1) is 12.6. The van der Waals surface area contributed by atoms with Gasteiger partial charge in [0, 0.05) is 16.7 Å². The molecule has 3 rings (SSSR count). The monoisotopic (exact) mass is 396 g/mol. The van der Waals surface area contributed by atoms with E-state index in [1.807, 2.05) is 0 Å². The molecule has 9 heteroatoms. The van der Waals surface area contributed by atoms with Crippen molar-refractivity contribution in [3.63, 3.8) is 0 Å². The van der Waals surface area contributed by atoms with Crippen LogP contribution in [0.1, 0.15) is 11.1 Å². The molecule has 0 aliphatic rings. The van der Waals surface area contributed by atoms with Crippen LogP contribution < -0.4 is 14.9 Å². The van der Waals surface area contributed by atoms with Crippen LogP contribution in [0.15, 0.2) is 43.0 Å². The van der Waals surface area contributed by atoms with Crippen molar-refractivity contribution < 1.29 is 13.9 Å². The number of hydrogen-bond donors (Lipinski definition) is 1. The molecular formula is C17H15Cl2FN4O2. The summed E-state index contributed by atoms with van der Waals surface area (Å²) in [6.45, 7) is 0.599. The molecule has 0 fully saturated rings. The minimum atomic E-state index is -0.399. The summed E-state index contributed by atoms with van der Waals surface area (Å²) in [4.78, 5) is 0. The van der Waals surface area contributed by atoms with Crippen molar-refractivity contribution >= 4 is 23.2 Å². The molecule has 1 heterocycles. The van der Waals surface area contributed by atoms with Gasteiger partial charge in [-0.2, -0.15) is 0 Å². The molecule has 0 aliphatic carbocycles. The molecule has 0 radical (unpaired) electrons. The third kappa shape index (κ3) is 4.36. The predicted molar refractivity (Wildman–Crippen MR) is 96.8 cm³/mol. The zero-order valence-corrected chi connectivity index (χ0v) is 15.3. The fourth-order valence-electron chi connectivity index (χ4n) is 2.24. The number of ether oxygens (including phenoxy) is 2. The minimum Gasteiger partial charge on any atom is -0.493 e. The Kier molecular flexibility index (Phi) is 5.80. The highest BCUT2D eigenvalue weighted by Gasteiger charge is 2.12. The smallest absolute Gasteiger partial charge is 0.163 e. The number of nitrogens with zero attached hydrogens (tertiary/aromatic N) is 3. The molecule has 26 heavy (non-hydrogen) atoms. The maximum Gasteiger partial charge on any atom is 0.163 e. The van der Waals surface area contributed by atoms with Crippen molar-refractivity contribution in [2.75, 3.05) is 12.5 Å². The highest BCUT2D eigenvalue weighted by Crippen LogP contribution is 2.34. The van der Waals surface area contributed by atoms with E-state index in [-0.39, 0.29) is 6.61 Å². The van der Waals surface area contributed by atoms with Gasteiger partial charge in [-0.3, -0.25) is 0 Å². The summed E-state index contributed by atoms with van der Waals surface area (Å²) >= 11 is 12.4. The fraction of sp³-hybridized carbons (Fsp3) is 0.176. The molecule has 3 aromatic rings. The molecule has 0 unspecified atom stereocenters. The van der Waals surface area contributed by atoms with Gasteiger partial charge in [-0.1, -0.05) is 29.3 Å². The lowest BCUT2D eigenvalue weighted by Crippen LogP contribution is -2.12. The lowest BCUT2D eigenvalue weighted by atomic mass is 10.2. The Hall–Kier alpha value is -2.51. The molecule has 1 aromatic heterocycles. The van der Waals surface area contributed by atoms with Gasteiger partial charge >= 0.3 is 0 Å². The van der Waals surface area contributed by atoms with Crippen LogP contribution in [-0.4, -0.2) is 22.0 Å². The first kappa shape index (κ1) is 18.3. The Morgan fingerprint density at radius 3 is 2.46 bits per heavy atom. The molecule has 0 bridgehead atoms. The Bertz CT molecular complexity index is 891. The van der Waals surface area contributed by atoms with E-state index in [4.69, 9.17) is 32.7 Å². The van der Waals surface area contributed by atoms with E-state index in [0.717, 1.165) is 5.56 Å². The zero-order chi connectivity index (χ0) is 18.5. The normalized spacial score (nSPS) is 10.6. The number of rotatable bonds is 7. The maximum absolute atomic E-state index is 13.1. The average molecular weight is 397 g/mol. The minimum absolute atomic E-state index is 0.157. The Balaban J connectivity index is 1.73. The molecule has 0 atom stereocenters. The topological polar surface area (TPSA) is 61.2 Å². The summed E-state index contributed by atoms with van der Waals surface area (Å²) in [6.07, 6.45) is 3.07. The third-order valence-corrected chi connectivity index (χ3v) is 4.31. The molecule has 1 N–H and O–H groups in total. The van der Waals surface area contributed by atoms with Gasteiger partial charge in [0.2, 0.25) is 0 Å². The average Bonchev–Trinajstić information content (AvgIpc) is 3.13. The van der Waals surface area contributed by atoms with E-state index in [0.29, 0.717) is 33.7 Å². The Morgan fingerprint density at radius 2 is 1.77 bits per heavy atom. The van der Waals surface area contributed by atoms with Crippen LogP contribution in [0.4, 0.5) is 4.39 Å². The molecule has 0 amide bonds. The summed E-state index contributed by atoms with van der Waals surface area (Å²) in [5, 5.41) is 8.22. The first-order valence-electron chi connectivity index (χ1n) is 7.58. The van der Waals surface area contributed by atoms with Gasteiger partial charge in [0.1, 0.15) is 25.1 Å². The van der Waals surface area contributed by atoms with Crippen molar-refractivity contribution in [1.82, 2.24) is 14.9 Å². The van der Waals surface area contributed by atoms with Crippen molar-refractivity contribution in [1.29, 1.82) is 0 Å². The molecule has 0 saturated heterocycles. The van der Waals surface area contributed by atoms with Gasteiger partial charge < -0.3 is 14.9 Å². The quantitative estimate of drug-likeness (QED) is 0.652. The van der Waals surface area contributed by atoms with Gasteiger partial charge in [-0.25, -0.2) is 9.07 Å². The summed E-state index contributed by atoms with van der Waals surface area (Å²) < 4.78 is 25.9. The maximum atomic E-state index is 13.1. The number of halogens is 3. The first-order valence-corrected chi connectivity index (χ1v) is 8.34. The molecular weight excluding hydrogens is 382 g/mol.